The monoisotopic (exact) mass is 276 g/mol. The van der Waals surface area contributed by atoms with Crippen molar-refractivity contribution in [2.75, 3.05) is 34.3 Å². The number of ether oxygens (including phenoxy) is 1. The Bertz CT molecular complexity index is 590. The summed E-state index contributed by atoms with van der Waals surface area (Å²) in [7, 11) is 5.84. The Labute approximate surface area is 118 Å². The predicted octanol–water partition coefficient (Wildman–Crippen LogP) is 0.441. The molecule has 2 rings (SSSR count). The van der Waals surface area contributed by atoms with Gasteiger partial charge >= 0.3 is 0 Å². The molecule has 0 bridgehead atoms. The first-order valence-electron chi connectivity index (χ1n) is 6.84. The molecule has 0 aliphatic carbocycles. The van der Waals surface area contributed by atoms with Crippen molar-refractivity contribution in [2.45, 2.75) is 6.42 Å². The van der Waals surface area contributed by atoms with Crippen LogP contribution >= 0.6 is 0 Å². The van der Waals surface area contributed by atoms with Crippen LogP contribution in [0.2, 0.25) is 0 Å². The van der Waals surface area contributed by atoms with E-state index in [0.717, 1.165) is 29.6 Å². The van der Waals surface area contributed by atoms with Gasteiger partial charge in [-0.1, -0.05) is 0 Å². The van der Waals surface area contributed by atoms with Crippen molar-refractivity contribution in [1.29, 1.82) is 0 Å². The third-order valence-corrected chi connectivity index (χ3v) is 3.21. The van der Waals surface area contributed by atoms with E-state index in [9.17, 15) is 4.79 Å². The van der Waals surface area contributed by atoms with Crippen molar-refractivity contribution in [3.63, 3.8) is 0 Å². The molecule has 1 amide bonds. The third-order valence-electron chi connectivity index (χ3n) is 3.21. The quantitative estimate of drug-likeness (QED) is 0.671. The smallest absolute Gasteiger partial charge is 0.267 e. The Morgan fingerprint density at radius 3 is 2.85 bits per heavy atom. The summed E-state index contributed by atoms with van der Waals surface area (Å²) in [6, 6.07) is 7.58. The highest BCUT2D eigenvalue weighted by Gasteiger charge is 2.09. The number of aromatic nitrogens is 1. The largest absolute Gasteiger partial charge is 0.497 e. The van der Waals surface area contributed by atoms with Crippen LogP contribution in [0.5, 0.6) is 5.75 Å². The Balaban J connectivity index is 1.99. The molecule has 0 saturated carbocycles. The maximum atomic E-state index is 12.0. The van der Waals surface area contributed by atoms with Gasteiger partial charge in [-0.2, -0.15) is 0 Å². The summed E-state index contributed by atoms with van der Waals surface area (Å²) in [5.74, 6) is 0.717. The summed E-state index contributed by atoms with van der Waals surface area (Å²) in [5, 5.41) is 3.94. The van der Waals surface area contributed by atoms with E-state index in [1.54, 1.807) is 7.11 Å². The minimum atomic E-state index is -0.0612. The number of carbonyl (C=O) groups is 1. The average molecular weight is 276 g/mol. The zero-order valence-corrected chi connectivity index (χ0v) is 12.2. The van der Waals surface area contributed by atoms with Gasteiger partial charge in [-0.05, 0) is 18.2 Å². The Morgan fingerprint density at radius 2 is 2.15 bits per heavy atom. The molecule has 1 aromatic heterocycles. The van der Waals surface area contributed by atoms with E-state index in [-0.39, 0.29) is 5.91 Å². The van der Waals surface area contributed by atoms with E-state index < -0.39 is 0 Å². The molecule has 0 fully saturated rings. The second-order valence-electron chi connectivity index (χ2n) is 5.20. The molecule has 3 N–H and O–H groups in total. The molecule has 1 aromatic carbocycles. The second-order valence-corrected chi connectivity index (χ2v) is 5.20. The van der Waals surface area contributed by atoms with Gasteiger partial charge < -0.3 is 19.9 Å². The molecule has 2 aromatic rings. The fourth-order valence-corrected chi connectivity index (χ4v) is 2.09. The molecule has 5 nitrogen and oxygen atoms in total. The van der Waals surface area contributed by atoms with Crippen molar-refractivity contribution in [3.05, 3.63) is 30.0 Å². The molecule has 0 aliphatic heterocycles. The highest BCUT2D eigenvalue weighted by atomic mass is 16.5. The van der Waals surface area contributed by atoms with Crippen molar-refractivity contribution in [1.82, 2.24) is 10.3 Å². The maximum Gasteiger partial charge on any atom is 0.267 e. The molecule has 0 saturated heterocycles. The zero-order valence-electron chi connectivity index (χ0n) is 12.2. The van der Waals surface area contributed by atoms with Gasteiger partial charge in [0, 0.05) is 29.9 Å². The van der Waals surface area contributed by atoms with Crippen LogP contribution in [-0.2, 0) is 0 Å². The van der Waals surface area contributed by atoms with Gasteiger partial charge in [0.1, 0.15) is 11.4 Å². The highest BCUT2D eigenvalue weighted by Crippen LogP contribution is 2.21. The van der Waals surface area contributed by atoms with Crippen LogP contribution in [0.15, 0.2) is 24.3 Å². The number of fused-ring (bicyclic) bond motifs is 1. The van der Waals surface area contributed by atoms with Crippen LogP contribution in [0.1, 0.15) is 16.9 Å². The highest BCUT2D eigenvalue weighted by molar-refractivity contribution is 5.98. The molecule has 0 radical (unpaired) electrons. The standard InChI is InChI=1S/C15H21N3O2/c1-18(2)8-4-7-16-15(19)14-9-11-5-6-12(20-3)10-13(11)17-14/h5-6,9-10,17H,4,7-8H2,1-3H3,(H,16,19)/p+1. The van der Waals surface area contributed by atoms with Crippen LogP contribution < -0.4 is 15.0 Å². The van der Waals surface area contributed by atoms with E-state index in [4.69, 9.17) is 4.74 Å². The van der Waals surface area contributed by atoms with Gasteiger partial charge in [0.2, 0.25) is 0 Å². The minimum absolute atomic E-state index is 0.0612. The average Bonchev–Trinajstić information content (AvgIpc) is 2.85. The van der Waals surface area contributed by atoms with E-state index in [2.05, 4.69) is 24.4 Å². The molecule has 5 heteroatoms. The van der Waals surface area contributed by atoms with Gasteiger partial charge in [-0.15, -0.1) is 0 Å². The van der Waals surface area contributed by atoms with Crippen LogP contribution in [0.25, 0.3) is 10.9 Å². The Morgan fingerprint density at radius 1 is 1.35 bits per heavy atom. The number of aromatic amines is 1. The zero-order chi connectivity index (χ0) is 14.5. The van der Waals surface area contributed by atoms with Crippen LogP contribution in [0, 0.1) is 0 Å². The van der Waals surface area contributed by atoms with E-state index in [1.807, 2.05) is 24.3 Å². The number of quaternary nitrogens is 1. The second kappa shape index (κ2) is 6.43. The van der Waals surface area contributed by atoms with Crippen LogP contribution in [0.4, 0.5) is 0 Å². The fourth-order valence-electron chi connectivity index (χ4n) is 2.09. The van der Waals surface area contributed by atoms with E-state index >= 15 is 0 Å². The lowest BCUT2D eigenvalue weighted by molar-refractivity contribution is -0.858. The number of hydrogen-bond acceptors (Lipinski definition) is 2. The normalized spacial score (nSPS) is 11.0. The Hall–Kier alpha value is -2.01. The number of amides is 1. The number of hydrogen-bond donors (Lipinski definition) is 3. The third kappa shape index (κ3) is 3.51. The van der Waals surface area contributed by atoms with E-state index in [1.165, 1.54) is 4.90 Å². The van der Waals surface area contributed by atoms with Crippen molar-refractivity contribution in [2.24, 2.45) is 0 Å². The summed E-state index contributed by atoms with van der Waals surface area (Å²) < 4.78 is 5.17. The van der Waals surface area contributed by atoms with E-state index in [0.29, 0.717) is 12.2 Å². The maximum absolute atomic E-state index is 12.0. The number of H-pyrrole nitrogens is 1. The molecular weight excluding hydrogens is 254 g/mol. The summed E-state index contributed by atoms with van der Waals surface area (Å²) in [6.45, 7) is 1.74. The molecule has 108 valence electrons. The minimum Gasteiger partial charge on any atom is -0.497 e. The first kappa shape index (κ1) is 14.4. The van der Waals surface area contributed by atoms with Gasteiger partial charge in [0.15, 0.2) is 0 Å². The van der Waals surface area contributed by atoms with Gasteiger partial charge in [-0.3, -0.25) is 4.79 Å². The molecule has 0 atom stereocenters. The summed E-state index contributed by atoms with van der Waals surface area (Å²) >= 11 is 0. The topological polar surface area (TPSA) is 58.6 Å². The number of rotatable bonds is 6. The predicted molar refractivity (Wildman–Crippen MR) is 79.5 cm³/mol. The van der Waals surface area contributed by atoms with Crippen LogP contribution in [0.3, 0.4) is 0 Å². The summed E-state index contributed by atoms with van der Waals surface area (Å²) in [5.41, 5.74) is 1.50. The molecule has 20 heavy (non-hydrogen) atoms. The first-order chi connectivity index (χ1) is 9.60. The number of carbonyl (C=O) groups excluding carboxylic acids is 1. The molecule has 0 spiro atoms. The Kier molecular flexibility index (Phi) is 4.63. The van der Waals surface area contributed by atoms with Gasteiger partial charge in [0.25, 0.3) is 5.91 Å². The first-order valence-corrected chi connectivity index (χ1v) is 6.84. The van der Waals surface area contributed by atoms with Crippen LogP contribution in [-0.4, -0.2) is 45.2 Å². The van der Waals surface area contributed by atoms with Gasteiger partial charge in [0.05, 0.1) is 27.7 Å². The fraction of sp³-hybridized carbons (Fsp3) is 0.400. The number of nitrogens with one attached hydrogen (secondary N) is 3. The summed E-state index contributed by atoms with van der Waals surface area (Å²) in [4.78, 5) is 16.5. The summed E-state index contributed by atoms with van der Waals surface area (Å²) in [6.07, 6.45) is 0.974. The number of methoxy groups -OCH3 is 1. The number of benzene rings is 1. The lowest BCUT2D eigenvalue weighted by Gasteiger charge is -2.07. The van der Waals surface area contributed by atoms with Crippen molar-refractivity contribution < 1.29 is 14.4 Å². The molecule has 0 unspecified atom stereocenters. The van der Waals surface area contributed by atoms with Gasteiger partial charge in [-0.25, -0.2) is 0 Å². The molecular formula is C15H22N3O2+. The molecule has 0 aliphatic rings. The van der Waals surface area contributed by atoms with Crippen molar-refractivity contribution >= 4 is 16.8 Å². The SMILES string of the molecule is COc1ccc2cc(C(=O)NCCC[NH+](C)C)[nH]c2c1. The lowest BCUT2D eigenvalue weighted by atomic mass is 10.2. The van der Waals surface area contributed by atoms with Crippen molar-refractivity contribution in [3.8, 4) is 5.75 Å². The molecule has 1 heterocycles. The lowest BCUT2D eigenvalue weighted by Crippen LogP contribution is -3.05.